The fourth-order valence-corrected chi connectivity index (χ4v) is 6.47. The van der Waals surface area contributed by atoms with E-state index in [2.05, 4.69) is 87.4 Å². The number of halogens is 1. The van der Waals surface area contributed by atoms with E-state index in [1.165, 1.54) is 20.4 Å². The third kappa shape index (κ3) is 2.81. The van der Waals surface area contributed by atoms with Gasteiger partial charge in [0, 0.05) is 20.5 Å². The molecule has 94 valence electrons. The van der Waals surface area contributed by atoms with Gasteiger partial charge in [-0.25, -0.2) is 0 Å². The first kappa shape index (κ1) is 13.1. The zero-order valence-corrected chi connectivity index (χ0v) is 13.5. The third-order valence-electron chi connectivity index (χ3n) is 2.87. The van der Waals surface area contributed by atoms with Crippen LogP contribution in [-0.2, 0) is 0 Å². The van der Waals surface area contributed by atoms with E-state index in [4.69, 9.17) is 0 Å². The Bertz CT molecular complexity index is 609. The predicted molar refractivity (Wildman–Crippen MR) is 90.7 cm³/mol. The smallest absolute Gasteiger partial charge is 0.0365 e. The Balaban J connectivity index is 2.15. The minimum Gasteiger partial charge on any atom is -0.151 e. The monoisotopic (exact) mass is 346 g/mol. The van der Waals surface area contributed by atoms with Crippen LogP contribution < -0.4 is 15.9 Å². The molecule has 1 heterocycles. The maximum absolute atomic E-state index is 3.69. The zero-order valence-electron chi connectivity index (χ0n) is 10.2. The van der Waals surface area contributed by atoms with Gasteiger partial charge in [-0.05, 0) is 34.5 Å². The Morgan fingerprint density at radius 2 is 1.26 bits per heavy atom. The molecule has 0 saturated carbocycles. The lowest BCUT2D eigenvalue weighted by molar-refractivity contribution is 1.75. The van der Waals surface area contributed by atoms with Crippen LogP contribution in [0.5, 0.6) is 0 Å². The quantitative estimate of drug-likeness (QED) is 0.621. The summed E-state index contributed by atoms with van der Waals surface area (Å²) in [6, 6.07) is 21.5. The van der Waals surface area contributed by atoms with E-state index in [0.29, 0.717) is 0 Å². The first-order valence-electron chi connectivity index (χ1n) is 5.98. The van der Waals surface area contributed by atoms with Crippen LogP contribution in [0.1, 0.15) is 0 Å². The van der Waals surface area contributed by atoms with Crippen molar-refractivity contribution in [2.24, 2.45) is 0 Å². The lowest BCUT2D eigenvalue weighted by Gasteiger charge is -2.18. The highest BCUT2D eigenvalue weighted by Gasteiger charge is 2.18. The normalized spacial score (nSPS) is 10.8. The SMILES string of the molecule is Brc1cscc1P(c1ccccc1)c1ccccc1. The highest BCUT2D eigenvalue weighted by atomic mass is 79.9. The second kappa shape index (κ2) is 6.00. The van der Waals surface area contributed by atoms with E-state index in [1.807, 2.05) is 0 Å². The summed E-state index contributed by atoms with van der Waals surface area (Å²) in [6.45, 7) is 0. The first-order chi connectivity index (χ1) is 9.36. The van der Waals surface area contributed by atoms with Crippen LogP contribution in [0.3, 0.4) is 0 Å². The molecular formula is C16H12BrPS. The first-order valence-corrected chi connectivity index (χ1v) is 9.06. The van der Waals surface area contributed by atoms with Crippen molar-refractivity contribution in [2.45, 2.75) is 0 Å². The minimum atomic E-state index is -0.466. The molecule has 0 fully saturated rings. The molecule has 2 aromatic carbocycles. The lowest BCUT2D eigenvalue weighted by atomic mass is 10.4. The largest absolute Gasteiger partial charge is 0.151 e. The fraction of sp³-hybridized carbons (Fsp3) is 0. The standard InChI is InChI=1S/C16H12BrPS/c17-15-11-19-12-16(15)18(13-7-3-1-4-8-13)14-9-5-2-6-10-14/h1-12H. The predicted octanol–water partition coefficient (Wildman–Crippen LogP) is 4.27. The molecule has 0 bridgehead atoms. The number of thiophene rings is 1. The van der Waals surface area contributed by atoms with Crippen LogP contribution in [0.25, 0.3) is 0 Å². The summed E-state index contributed by atoms with van der Waals surface area (Å²) in [5.41, 5.74) is 0. The fourth-order valence-electron chi connectivity index (χ4n) is 2.02. The van der Waals surface area contributed by atoms with Gasteiger partial charge in [-0.1, -0.05) is 60.7 Å². The molecule has 0 aliphatic carbocycles. The van der Waals surface area contributed by atoms with Gasteiger partial charge in [0.1, 0.15) is 0 Å². The molecule has 1 aromatic heterocycles. The summed E-state index contributed by atoms with van der Waals surface area (Å²) in [6.07, 6.45) is 0. The molecule has 0 unspecified atom stereocenters. The average molecular weight is 347 g/mol. The molecule has 0 amide bonds. The highest BCUT2D eigenvalue weighted by Crippen LogP contribution is 2.36. The Kier molecular flexibility index (Phi) is 4.12. The van der Waals surface area contributed by atoms with Crippen LogP contribution in [0.2, 0.25) is 0 Å². The average Bonchev–Trinajstić information content (AvgIpc) is 2.88. The highest BCUT2D eigenvalue weighted by molar-refractivity contribution is 9.10. The van der Waals surface area contributed by atoms with E-state index < -0.39 is 7.92 Å². The molecule has 0 radical (unpaired) electrons. The summed E-state index contributed by atoms with van der Waals surface area (Å²) < 4.78 is 1.22. The Morgan fingerprint density at radius 3 is 1.68 bits per heavy atom. The molecule has 0 saturated heterocycles. The van der Waals surface area contributed by atoms with E-state index in [9.17, 15) is 0 Å². The van der Waals surface area contributed by atoms with Gasteiger partial charge in [-0.3, -0.25) is 0 Å². The van der Waals surface area contributed by atoms with Gasteiger partial charge in [-0.15, -0.1) is 0 Å². The summed E-state index contributed by atoms with van der Waals surface area (Å²) in [5.74, 6) is 0. The van der Waals surface area contributed by atoms with E-state index in [1.54, 1.807) is 11.3 Å². The van der Waals surface area contributed by atoms with Gasteiger partial charge in [0.25, 0.3) is 0 Å². The van der Waals surface area contributed by atoms with Crippen molar-refractivity contribution in [3.8, 4) is 0 Å². The van der Waals surface area contributed by atoms with Crippen LogP contribution in [0.4, 0.5) is 0 Å². The van der Waals surface area contributed by atoms with Gasteiger partial charge < -0.3 is 0 Å². The van der Waals surface area contributed by atoms with Crippen LogP contribution in [0.15, 0.2) is 75.9 Å². The van der Waals surface area contributed by atoms with E-state index in [-0.39, 0.29) is 0 Å². The minimum absolute atomic E-state index is 0.466. The Labute approximate surface area is 127 Å². The number of rotatable bonds is 3. The maximum atomic E-state index is 3.69. The van der Waals surface area contributed by atoms with Gasteiger partial charge in [-0.2, -0.15) is 11.3 Å². The molecule has 0 atom stereocenters. The second-order valence-electron chi connectivity index (χ2n) is 4.11. The Morgan fingerprint density at radius 1 is 0.737 bits per heavy atom. The molecular weight excluding hydrogens is 335 g/mol. The summed E-state index contributed by atoms with van der Waals surface area (Å²) in [5, 5.41) is 8.61. The summed E-state index contributed by atoms with van der Waals surface area (Å²) in [4.78, 5) is 0. The zero-order chi connectivity index (χ0) is 13.1. The second-order valence-corrected chi connectivity index (χ2v) is 7.89. The van der Waals surface area contributed by atoms with Gasteiger partial charge in [0.05, 0.1) is 0 Å². The molecule has 3 heteroatoms. The van der Waals surface area contributed by atoms with Crippen LogP contribution in [0, 0.1) is 0 Å². The van der Waals surface area contributed by atoms with Gasteiger partial charge >= 0.3 is 0 Å². The third-order valence-corrected chi connectivity index (χ3v) is 7.53. The van der Waals surface area contributed by atoms with Crippen molar-refractivity contribution in [2.75, 3.05) is 0 Å². The van der Waals surface area contributed by atoms with E-state index >= 15 is 0 Å². The number of hydrogen-bond acceptors (Lipinski definition) is 1. The topological polar surface area (TPSA) is 0 Å². The lowest BCUT2D eigenvalue weighted by Crippen LogP contribution is -2.20. The van der Waals surface area contributed by atoms with Crippen molar-refractivity contribution in [1.82, 2.24) is 0 Å². The summed E-state index contributed by atoms with van der Waals surface area (Å²) >= 11 is 5.44. The molecule has 0 N–H and O–H groups in total. The van der Waals surface area contributed by atoms with Crippen molar-refractivity contribution in [3.63, 3.8) is 0 Å². The number of hydrogen-bond donors (Lipinski definition) is 0. The maximum Gasteiger partial charge on any atom is 0.0365 e. The molecule has 0 aliphatic rings. The molecule has 0 spiro atoms. The Hall–Kier alpha value is -0.950. The molecule has 19 heavy (non-hydrogen) atoms. The van der Waals surface area contributed by atoms with Crippen molar-refractivity contribution < 1.29 is 0 Å². The molecule has 0 nitrogen and oxygen atoms in total. The van der Waals surface area contributed by atoms with Crippen molar-refractivity contribution in [1.29, 1.82) is 0 Å². The number of benzene rings is 2. The van der Waals surface area contributed by atoms with Crippen molar-refractivity contribution in [3.05, 3.63) is 75.9 Å². The molecule has 3 rings (SSSR count). The van der Waals surface area contributed by atoms with Crippen LogP contribution in [-0.4, -0.2) is 0 Å². The van der Waals surface area contributed by atoms with Crippen molar-refractivity contribution >= 4 is 51.1 Å². The van der Waals surface area contributed by atoms with Crippen LogP contribution >= 0.6 is 35.2 Å². The van der Waals surface area contributed by atoms with Gasteiger partial charge in [0.2, 0.25) is 0 Å². The van der Waals surface area contributed by atoms with E-state index in [0.717, 1.165) is 0 Å². The molecule has 0 aliphatic heterocycles. The molecule has 3 aromatic rings. The summed E-state index contributed by atoms with van der Waals surface area (Å²) in [7, 11) is -0.466. The van der Waals surface area contributed by atoms with Gasteiger partial charge in [0.15, 0.2) is 0 Å².